The van der Waals surface area contributed by atoms with Gasteiger partial charge in [-0.1, -0.05) is 60.7 Å². The number of rotatable bonds is 6. The molecule has 46 heavy (non-hydrogen) atoms. The van der Waals surface area contributed by atoms with Crippen LogP contribution in [0.1, 0.15) is 16.7 Å². The second-order valence-corrected chi connectivity index (χ2v) is 12.9. The minimum Gasteiger partial charge on any atom is -0.497 e. The molecule has 0 aliphatic carbocycles. The van der Waals surface area contributed by atoms with Crippen LogP contribution >= 0.6 is 11.8 Å². The van der Waals surface area contributed by atoms with Gasteiger partial charge in [-0.05, 0) is 69.4 Å². The number of nitrogens with zero attached hydrogens (tertiary/aromatic N) is 1. The molecule has 2 heterocycles. The first-order valence-corrected chi connectivity index (χ1v) is 16.8. The quantitative estimate of drug-likeness (QED) is 0.172. The molecule has 230 valence electrons. The number of ether oxygens (including phenoxy) is 4. The molecule has 6 aromatic rings. The summed E-state index contributed by atoms with van der Waals surface area (Å²) in [5.41, 5.74) is 3.11. The van der Waals surface area contributed by atoms with Crippen molar-refractivity contribution >= 4 is 55.8 Å². The first-order chi connectivity index (χ1) is 22.6. The minimum absolute atomic E-state index is 0.681. The number of methoxy groups -OCH3 is 3. The third kappa shape index (κ3) is 4.46. The molecule has 0 aromatic heterocycles. The Morgan fingerprint density at radius 1 is 0.674 bits per heavy atom. The van der Waals surface area contributed by atoms with Crippen LogP contribution in [0.15, 0.2) is 103 Å². The van der Waals surface area contributed by atoms with E-state index in [1.54, 1.807) is 21.3 Å². The Morgan fingerprint density at radius 2 is 1.33 bits per heavy atom. The number of benzene rings is 6. The molecule has 6 heteroatoms. The fourth-order valence-corrected chi connectivity index (χ4v) is 8.07. The van der Waals surface area contributed by atoms with E-state index in [0.29, 0.717) is 17.2 Å². The Bertz CT molecular complexity index is 2130. The summed E-state index contributed by atoms with van der Waals surface area (Å²) in [5, 5.41) is 7.09. The summed E-state index contributed by atoms with van der Waals surface area (Å²) < 4.78 is 25.0. The summed E-state index contributed by atoms with van der Waals surface area (Å²) in [6, 6.07) is 34.1. The lowest BCUT2D eigenvalue weighted by Crippen LogP contribution is -2.35. The van der Waals surface area contributed by atoms with Gasteiger partial charge in [0.15, 0.2) is 17.1 Å². The first-order valence-electron chi connectivity index (χ1n) is 15.6. The standard InChI is InChI=1S/C40H35NO4S/c1-42-28-16-17-35(36(24-28)43-2)40(26-12-14-27(15-13-26)41-20-22-46-23-21-41)19-18-33-38-32-11-7-6-9-30(32)29-8-4-5-10-31(29)34(38)25-37(44-3)39(33)45-40/h4-19,24-25H,20-23H2,1-3H3. The molecule has 0 N–H and O–H groups in total. The molecule has 2 aliphatic heterocycles. The lowest BCUT2D eigenvalue weighted by atomic mass is 9.81. The fourth-order valence-electron chi connectivity index (χ4n) is 7.17. The van der Waals surface area contributed by atoms with E-state index in [1.165, 1.54) is 27.2 Å². The number of hydrogen-bond acceptors (Lipinski definition) is 6. The number of thioether (sulfide) groups is 1. The molecule has 0 radical (unpaired) electrons. The SMILES string of the molecule is COc1ccc(C2(c3ccc(N4CCSCC4)cc3)C=Cc3c(c(OC)cc4c5ccccc5c5ccccc5c34)O2)c(OC)c1. The average Bonchev–Trinajstić information content (AvgIpc) is 3.14. The maximum absolute atomic E-state index is 7.33. The van der Waals surface area contributed by atoms with E-state index in [9.17, 15) is 0 Å². The van der Waals surface area contributed by atoms with Crippen LogP contribution in [0.5, 0.6) is 23.0 Å². The van der Waals surface area contributed by atoms with Crippen molar-refractivity contribution in [3.8, 4) is 23.0 Å². The third-order valence-corrected chi connectivity index (χ3v) is 10.4. The Morgan fingerprint density at radius 3 is 2.00 bits per heavy atom. The molecule has 8 rings (SSSR count). The average molecular weight is 626 g/mol. The van der Waals surface area contributed by atoms with Crippen LogP contribution < -0.4 is 23.8 Å². The van der Waals surface area contributed by atoms with Gasteiger partial charge < -0.3 is 23.8 Å². The zero-order valence-electron chi connectivity index (χ0n) is 26.2. The zero-order chi connectivity index (χ0) is 31.3. The summed E-state index contributed by atoms with van der Waals surface area (Å²) in [7, 11) is 5.07. The van der Waals surface area contributed by atoms with Crippen molar-refractivity contribution in [2.45, 2.75) is 5.60 Å². The predicted molar refractivity (Wildman–Crippen MR) is 191 cm³/mol. The maximum atomic E-state index is 7.33. The molecule has 6 aromatic carbocycles. The van der Waals surface area contributed by atoms with Crippen molar-refractivity contribution in [2.24, 2.45) is 0 Å². The van der Waals surface area contributed by atoms with Gasteiger partial charge >= 0.3 is 0 Å². The Balaban J connectivity index is 1.39. The summed E-state index contributed by atoms with van der Waals surface area (Å²) in [6.45, 7) is 2.11. The predicted octanol–water partition coefficient (Wildman–Crippen LogP) is 9.07. The first kappa shape index (κ1) is 28.6. The highest BCUT2D eigenvalue weighted by molar-refractivity contribution is 7.99. The van der Waals surface area contributed by atoms with Crippen molar-refractivity contribution in [2.75, 3.05) is 50.8 Å². The van der Waals surface area contributed by atoms with E-state index in [1.807, 2.05) is 30.0 Å². The Kier molecular flexibility index (Phi) is 7.18. The van der Waals surface area contributed by atoms with Gasteiger partial charge in [0.25, 0.3) is 0 Å². The smallest absolute Gasteiger partial charge is 0.181 e. The van der Waals surface area contributed by atoms with Crippen LogP contribution in [0.3, 0.4) is 0 Å². The van der Waals surface area contributed by atoms with E-state index in [4.69, 9.17) is 18.9 Å². The van der Waals surface area contributed by atoms with Crippen LogP contribution in [0.4, 0.5) is 5.69 Å². The van der Waals surface area contributed by atoms with Crippen molar-refractivity contribution < 1.29 is 18.9 Å². The van der Waals surface area contributed by atoms with Crippen LogP contribution in [-0.4, -0.2) is 45.9 Å². The van der Waals surface area contributed by atoms with E-state index in [0.717, 1.165) is 57.8 Å². The Labute approximate surface area is 273 Å². The monoisotopic (exact) mass is 625 g/mol. The maximum Gasteiger partial charge on any atom is 0.181 e. The zero-order valence-corrected chi connectivity index (χ0v) is 27.0. The molecule has 1 atom stereocenters. The highest BCUT2D eigenvalue weighted by atomic mass is 32.2. The highest BCUT2D eigenvalue weighted by Gasteiger charge is 2.41. The molecule has 1 fully saturated rings. The summed E-state index contributed by atoms with van der Waals surface area (Å²) in [6.07, 6.45) is 4.39. The molecule has 2 aliphatic rings. The van der Waals surface area contributed by atoms with Gasteiger partial charge in [0, 0.05) is 58.4 Å². The van der Waals surface area contributed by atoms with E-state index < -0.39 is 5.60 Å². The van der Waals surface area contributed by atoms with Gasteiger partial charge in [0.1, 0.15) is 11.5 Å². The number of hydrogen-bond donors (Lipinski definition) is 0. The molecule has 0 saturated carbocycles. The van der Waals surface area contributed by atoms with Gasteiger partial charge in [0.2, 0.25) is 0 Å². The van der Waals surface area contributed by atoms with E-state index in [-0.39, 0.29) is 0 Å². The van der Waals surface area contributed by atoms with Crippen molar-refractivity contribution in [3.05, 3.63) is 120 Å². The highest BCUT2D eigenvalue weighted by Crippen LogP contribution is 2.52. The van der Waals surface area contributed by atoms with Gasteiger partial charge in [-0.2, -0.15) is 11.8 Å². The van der Waals surface area contributed by atoms with Crippen molar-refractivity contribution in [1.29, 1.82) is 0 Å². The molecule has 0 amide bonds. The molecular formula is C40H35NO4S. The van der Waals surface area contributed by atoms with Crippen LogP contribution in [0.25, 0.3) is 38.4 Å². The largest absolute Gasteiger partial charge is 0.497 e. The van der Waals surface area contributed by atoms with Crippen molar-refractivity contribution in [1.82, 2.24) is 0 Å². The van der Waals surface area contributed by atoms with Gasteiger partial charge in [-0.25, -0.2) is 0 Å². The topological polar surface area (TPSA) is 40.2 Å². The number of anilines is 1. The van der Waals surface area contributed by atoms with Gasteiger partial charge in [0.05, 0.1) is 21.3 Å². The molecule has 0 spiro atoms. The van der Waals surface area contributed by atoms with E-state index in [2.05, 4.69) is 95.9 Å². The molecular weight excluding hydrogens is 591 g/mol. The number of fused-ring (bicyclic) bond motifs is 8. The third-order valence-electron chi connectivity index (χ3n) is 9.44. The van der Waals surface area contributed by atoms with Crippen molar-refractivity contribution in [3.63, 3.8) is 0 Å². The molecule has 0 bridgehead atoms. The Hall–Kier alpha value is -4.81. The van der Waals surface area contributed by atoms with Crippen LogP contribution in [-0.2, 0) is 5.60 Å². The lowest BCUT2D eigenvalue weighted by molar-refractivity contribution is 0.150. The molecule has 1 unspecified atom stereocenters. The molecule has 5 nitrogen and oxygen atoms in total. The minimum atomic E-state index is -0.992. The second-order valence-electron chi connectivity index (χ2n) is 11.7. The second kappa shape index (κ2) is 11.5. The van der Waals surface area contributed by atoms with Gasteiger partial charge in [-0.15, -0.1) is 0 Å². The fraction of sp³-hybridized carbons (Fsp3) is 0.200. The van der Waals surface area contributed by atoms with Crippen LogP contribution in [0, 0.1) is 0 Å². The summed E-state index contributed by atoms with van der Waals surface area (Å²) >= 11 is 2.01. The van der Waals surface area contributed by atoms with Gasteiger partial charge in [-0.3, -0.25) is 0 Å². The lowest BCUT2D eigenvalue weighted by Gasteiger charge is -2.38. The van der Waals surface area contributed by atoms with Crippen LogP contribution in [0.2, 0.25) is 0 Å². The summed E-state index contributed by atoms with van der Waals surface area (Å²) in [5.74, 6) is 5.08. The normalized spacial score (nSPS) is 17.6. The summed E-state index contributed by atoms with van der Waals surface area (Å²) in [4.78, 5) is 2.46. The van der Waals surface area contributed by atoms with E-state index >= 15 is 0 Å². The molecule has 1 saturated heterocycles.